The molecule has 58 heavy (non-hydrogen) atoms. The molecule has 0 spiro atoms. The molecule has 0 aliphatic carbocycles. The molecule has 283 valence electrons. The molecule has 4 heterocycles. The Morgan fingerprint density at radius 2 is 0.897 bits per heavy atom. The number of rotatable bonds is 8. The summed E-state index contributed by atoms with van der Waals surface area (Å²) in [6.07, 6.45) is 0. The van der Waals surface area contributed by atoms with E-state index in [0.29, 0.717) is 5.69 Å². The van der Waals surface area contributed by atoms with Crippen molar-refractivity contribution in [2.45, 2.75) is 20.8 Å². The fourth-order valence-electron chi connectivity index (χ4n) is 6.28. The van der Waals surface area contributed by atoms with E-state index in [4.69, 9.17) is 15.3 Å². The quantitative estimate of drug-likeness (QED) is 0.0656. The molecule has 0 saturated carbocycles. The Kier molecular flexibility index (Phi) is 14.0. The minimum atomic E-state index is -0.440. The van der Waals surface area contributed by atoms with E-state index in [9.17, 15) is 5.11 Å². The van der Waals surface area contributed by atoms with Crippen LogP contribution in [-0.2, 0) is 24.3 Å². The average molecular weight is 833 g/mol. The second kappa shape index (κ2) is 19.6. The van der Waals surface area contributed by atoms with E-state index in [-0.39, 0.29) is 19.5 Å². The molecule has 10 nitrogen and oxygen atoms in total. The molecule has 9 rings (SSSR count). The van der Waals surface area contributed by atoms with Crippen LogP contribution in [0, 0.1) is 20.8 Å². The summed E-state index contributed by atoms with van der Waals surface area (Å²) in [5, 5.41) is 30.7. The third-order valence-electron chi connectivity index (χ3n) is 9.05. The van der Waals surface area contributed by atoms with Gasteiger partial charge in [-0.05, 0) is 73.7 Å². The van der Waals surface area contributed by atoms with Crippen LogP contribution in [0.2, 0.25) is 0 Å². The van der Waals surface area contributed by atoms with Crippen LogP contribution >= 0.6 is 11.5 Å². The Morgan fingerprint density at radius 3 is 1.28 bits per heavy atom. The van der Waals surface area contributed by atoms with Gasteiger partial charge in [-0.3, -0.25) is 0 Å². The number of hydrogen-bond acceptors (Lipinski definition) is 8. The zero-order valence-electron chi connectivity index (χ0n) is 32.8. The summed E-state index contributed by atoms with van der Waals surface area (Å²) in [5.41, 5.74) is 9.42. The number of nitrogens with zero attached hydrogens (tertiary/aromatic N) is 8. The Labute approximate surface area is 355 Å². The van der Waals surface area contributed by atoms with Gasteiger partial charge in [0.25, 0.3) is 7.12 Å². The first-order valence-corrected chi connectivity index (χ1v) is 19.2. The number of benzene rings is 5. The first kappa shape index (κ1) is 41.2. The maximum Gasteiger partial charge on any atom is 2.00 e. The minimum absolute atomic E-state index is 0. The molecule has 5 aromatic carbocycles. The average Bonchev–Trinajstić information content (AvgIpc) is 4.06. The summed E-state index contributed by atoms with van der Waals surface area (Å²) < 4.78 is 11.1. The second-order valence-electron chi connectivity index (χ2n) is 13.1. The molecule has 0 saturated heterocycles. The second-order valence-corrected chi connectivity index (χ2v) is 13.9. The summed E-state index contributed by atoms with van der Waals surface area (Å²) in [6, 6.07) is 56.7. The van der Waals surface area contributed by atoms with Gasteiger partial charge in [0.05, 0.1) is 33.4 Å². The van der Waals surface area contributed by atoms with Crippen LogP contribution in [0.5, 0.6) is 0 Å². The van der Waals surface area contributed by atoms with Crippen LogP contribution in [-0.4, -0.2) is 53.6 Å². The van der Waals surface area contributed by atoms with Gasteiger partial charge in [0.1, 0.15) is 7.11 Å². The fourth-order valence-corrected chi connectivity index (χ4v) is 7.05. The van der Waals surface area contributed by atoms with Crippen LogP contribution in [0.3, 0.4) is 0 Å². The summed E-state index contributed by atoms with van der Waals surface area (Å²) >= 11 is 1.28. The third-order valence-corrected chi connectivity index (χ3v) is 9.88. The summed E-state index contributed by atoms with van der Waals surface area (Å²) in [6.45, 7) is 6.25. The van der Waals surface area contributed by atoms with Crippen molar-refractivity contribution in [1.29, 1.82) is 0 Å². The summed E-state index contributed by atoms with van der Waals surface area (Å²) in [7, 11) is 0.930. The molecule has 0 atom stereocenters. The molecule has 0 unspecified atom stereocenters. The van der Waals surface area contributed by atoms with Gasteiger partial charge in [-0.25, -0.2) is 15.3 Å². The van der Waals surface area contributed by atoms with Crippen molar-refractivity contribution in [1.82, 2.24) is 33.4 Å². The number of oxime groups is 1. The third kappa shape index (κ3) is 9.57. The number of aromatic nitrogens is 7. The standard InChI is InChI=1S/C30H27BN6.C9H8N2O2S.C6H6.Zn/c1-22-19-28(25-13-7-4-8-14-25)32-35(22)31(36-23(2)20-29(33-36)26-15-9-5-10-16-26)37-24(3)21-30(34-37)27-17-11-6-12-18-27;1-13-10-9(12)8-6-4-2-3-5-7(6)14-11-8;1-2-4-6-5-3-1;/h4-21H,1-3H3;2-5H,1H3,(H,10,12);1-6H;/q-1;;;+2/p-1. The zero-order valence-corrected chi connectivity index (χ0v) is 36.5. The normalized spacial score (nSPS) is 10.9. The van der Waals surface area contributed by atoms with Crippen LogP contribution < -0.4 is 5.11 Å². The van der Waals surface area contributed by atoms with E-state index in [1.807, 2.05) is 129 Å². The SMILES string of the molecule is CO/N=C(\[O-])c1nsc2ccccc12.Cc1cc(-c2ccccc2)nn1[B-](n1nc(-c2ccccc2)cc1C)n1nc(-c2ccccc2)cc1C.[Zn+2].c1ccccc1. The van der Waals surface area contributed by atoms with Gasteiger partial charge >= 0.3 is 19.5 Å². The van der Waals surface area contributed by atoms with E-state index in [0.717, 1.165) is 60.9 Å². The molecule has 0 aliphatic heterocycles. The maximum absolute atomic E-state index is 11.4. The molecule has 0 N–H and O–H groups in total. The van der Waals surface area contributed by atoms with Crippen molar-refractivity contribution in [2.24, 2.45) is 5.16 Å². The summed E-state index contributed by atoms with van der Waals surface area (Å²) in [5.74, 6) is -0.440. The van der Waals surface area contributed by atoms with Gasteiger partial charge in [0.2, 0.25) is 0 Å². The van der Waals surface area contributed by atoms with Crippen molar-refractivity contribution in [3.05, 3.63) is 193 Å². The summed E-state index contributed by atoms with van der Waals surface area (Å²) in [4.78, 5) is 4.42. The van der Waals surface area contributed by atoms with Gasteiger partial charge in [-0.15, -0.1) is 5.16 Å². The van der Waals surface area contributed by atoms with Crippen LogP contribution in [0.15, 0.2) is 175 Å². The predicted molar refractivity (Wildman–Crippen MR) is 229 cm³/mol. The predicted octanol–water partition coefficient (Wildman–Crippen LogP) is 8.78. The molecule has 4 aromatic heterocycles. The van der Waals surface area contributed by atoms with Gasteiger partial charge < -0.3 is 23.7 Å². The molecular weight excluding hydrogens is 793 g/mol. The van der Waals surface area contributed by atoms with Crippen molar-refractivity contribution in [3.63, 3.8) is 0 Å². The van der Waals surface area contributed by atoms with Gasteiger partial charge in [-0.2, -0.15) is 4.37 Å². The first-order valence-electron chi connectivity index (χ1n) is 18.4. The topological polar surface area (TPSA) is 111 Å². The first-order chi connectivity index (χ1) is 27.9. The Bertz CT molecular complexity index is 2460. The number of hydrogen-bond donors (Lipinski definition) is 0. The monoisotopic (exact) mass is 831 g/mol. The molecule has 1 radical (unpaired) electrons. The van der Waals surface area contributed by atoms with E-state index < -0.39 is 13.0 Å². The Morgan fingerprint density at radius 1 is 0.552 bits per heavy atom. The fraction of sp³-hybridized carbons (Fsp3) is 0.0889. The van der Waals surface area contributed by atoms with Crippen molar-refractivity contribution < 1.29 is 29.4 Å². The van der Waals surface area contributed by atoms with E-state index in [1.54, 1.807) is 0 Å². The van der Waals surface area contributed by atoms with Crippen molar-refractivity contribution in [3.8, 4) is 33.8 Å². The van der Waals surface area contributed by atoms with Crippen molar-refractivity contribution >= 4 is 34.6 Å². The Hall–Kier alpha value is -6.42. The van der Waals surface area contributed by atoms with Crippen LogP contribution in [0.4, 0.5) is 0 Å². The van der Waals surface area contributed by atoms with Gasteiger partial charge in [0.15, 0.2) is 0 Å². The van der Waals surface area contributed by atoms with E-state index in [2.05, 4.69) is 89.7 Å². The molecule has 0 fully saturated rings. The molecule has 0 amide bonds. The smallest absolute Gasteiger partial charge is 0.855 e. The molecule has 9 aromatic rings. The number of aryl methyl sites for hydroxylation is 3. The van der Waals surface area contributed by atoms with E-state index >= 15 is 0 Å². The van der Waals surface area contributed by atoms with Crippen LogP contribution in [0.1, 0.15) is 22.8 Å². The van der Waals surface area contributed by atoms with Crippen molar-refractivity contribution in [2.75, 3.05) is 7.11 Å². The largest absolute Gasteiger partial charge is 2.00 e. The zero-order chi connectivity index (χ0) is 39.6. The van der Waals surface area contributed by atoms with Gasteiger partial charge in [0, 0.05) is 22.1 Å². The van der Waals surface area contributed by atoms with Crippen LogP contribution in [0.25, 0.3) is 43.9 Å². The number of fused-ring (bicyclic) bond motifs is 1. The molecule has 13 heteroatoms. The van der Waals surface area contributed by atoms with E-state index in [1.165, 1.54) is 18.6 Å². The van der Waals surface area contributed by atoms with Gasteiger partial charge in [-0.1, -0.05) is 146 Å². The molecule has 0 aliphatic rings. The maximum atomic E-state index is 11.4. The molecular formula is C45H40BN8O2SZn. The molecule has 0 bridgehead atoms. The minimum Gasteiger partial charge on any atom is -0.855 e. The Balaban J connectivity index is 0.000000221.